The molecule has 0 spiro atoms. The predicted molar refractivity (Wildman–Crippen MR) is 142 cm³/mol. The molecule has 0 saturated heterocycles. The Bertz CT molecular complexity index is 1160. The highest BCUT2D eigenvalue weighted by Gasteiger charge is 2.29. The summed E-state index contributed by atoms with van der Waals surface area (Å²) in [6, 6.07) is 10.0. The van der Waals surface area contributed by atoms with E-state index in [0.29, 0.717) is 21.3 Å². The van der Waals surface area contributed by atoms with Crippen LogP contribution in [-0.4, -0.2) is 38.5 Å². The van der Waals surface area contributed by atoms with Gasteiger partial charge < -0.3 is 4.90 Å². The van der Waals surface area contributed by atoms with Gasteiger partial charge in [-0.25, -0.2) is 4.39 Å². The fraction of sp³-hybridized carbons (Fsp3) is 0.423. The van der Waals surface area contributed by atoms with Crippen LogP contribution < -0.4 is 4.90 Å². The number of hydrazone groups is 2. The first-order chi connectivity index (χ1) is 16.5. The summed E-state index contributed by atoms with van der Waals surface area (Å²) in [6.07, 6.45) is 3.67. The van der Waals surface area contributed by atoms with Gasteiger partial charge in [0.25, 0.3) is 0 Å². The second-order valence-electron chi connectivity index (χ2n) is 9.44. The quantitative estimate of drug-likeness (QED) is 0.327. The first-order valence-electron chi connectivity index (χ1n) is 11.7. The predicted octanol–water partition coefficient (Wildman–Crippen LogP) is 6.13. The van der Waals surface area contributed by atoms with Crippen LogP contribution in [0.25, 0.3) is 0 Å². The lowest BCUT2D eigenvalue weighted by Gasteiger charge is -2.29. The number of benzene rings is 2. The minimum absolute atomic E-state index is 0.114. The Hall–Kier alpha value is -2.58. The summed E-state index contributed by atoms with van der Waals surface area (Å²) in [7, 11) is -1.49. The minimum Gasteiger partial charge on any atom is -0.307 e. The van der Waals surface area contributed by atoms with Crippen LogP contribution in [0.1, 0.15) is 65.0 Å². The first kappa shape index (κ1) is 27.0. The fourth-order valence-electron chi connectivity index (χ4n) is 3.53. The zero-order valence-electron chi connectivity index (χ0n) is 20.8. The molecular weight excluding hydrogens is 487 g/mol. The Morgan fingerprint density at radius 1 is 1.26 bits per heavy atom. The number of halogens is 2. The molecule has 0 aliphatic carbocycles. The zero-order valence-corrected chi connectivity index (χ0v) is 22.4. The maximum absolute atomic E-state index is 15.3. The minimum atomic E-state index is -1.49. The van der Waals surface area contributed by atoms with E-state index in [-0.39, 0.29) is 30.2 Å². The highest BCUT2D eigenvalue weighted by molar-refractivity contribution is 7.85. The maximum Gasteiger partial charge on any atom is 0.228 e. The third-order valence-corrected chi connectivity index (χ3v) is 7.13. The molecule has 1 unspecified atom stereocenters. The molecule has 0 fully saturated rings. The van der Waals surface area contributed by atoms with Crippen LogP contribution in [-0.2, 0) is 22.1 Å². The third kappa shape index (κ3) is 6.76. The van der Waals surface area contributed by atoms with Crippen molar-refractivity contribution >= 4 is 45.9 Å². The number of nitrogens with zero attached hydrogens (tertiary/aromatic N) is 4. The number of amides is 1. The molecule has 2 aromatic carbocycles. The Labute approximate surface area is 214 Å². The zero-order chi connectivity index (χ0) is 25.8. The molecule has 1 aliphatic heterocycles. The number of fused-ring (bicyclic) bond motifs is 1. The van der Waals surface area contributed by atoms with E-state index in [9.17, 15) is 9.00 Å². The van der Waals surface area contributed by atoms with Gasteiger partial charge in [0.15, 0.2) is 0 Å². The van der Waals surface area contributed by atoms with Crippen molar-refractivity contribution in [3.63, 3.8) is 0 Å². The van der Waals surface area contributed by atoms with Gasteiger partial charge in [-0.3, -0.25) is 9.00 Å². The normalized spacial score (nSPS) is 17.0. The van der Waals surface area contributed by atoms with Crippen molar-refractivity contribution in [2.75, 3.05) is 10.7 Å². The standard InChI is InChI=1S/C26H32ClFN4O2S/c1-6-7-13-29-32(26(3,4)5)30-18(2)21-15-23-24(16-22(21)28)35(34)14-12-25(33)31(23)17-19-8-10-20(27)11-9-19/h8-11,13,15-16H,6-7,12,14,17H2,1-5H3/b29-13-,30-18+. The SMILES string of the molecule is CCC/C=N\N(/N=C(\C)c1cc2c(cc1F)S(=O)CCC(=O)N2Cc1ccc(Cl)cc1)C(C)(C)C. The average Bonchev–Trinajstić information content (AvgIpc) is 2.90. The van der Waals surface area contributed by atoms with E-state index >= 15 is 4.39 Å². The van der Waals surface area contributed by atoms with Gasteiger partial charge >= 0.3 is 0 Å². The topological polar surface area (TPSA) is 65.3 Å². The Morgan fingerprint density at radius 3 is 2.57 bits per heavy atom. The Balaban J connectivity index is 2.08. The molecule has 2 aromatic rings. The molecule has 9 heteroatoms. The van der Waals surface area contributed by atoms with Crippen molar-refractivity contribution in [3.05, 3.63) is 58.4 Å². The summed E-state index contributed by atoms with van der Waals surface area (Å²) in [4.78, 5) is 14.9. The van der Waals surface area contributed by atoms with Crippen LogP contribution in [0.4, 0.5) is 10.1 Å². The van der Waals surface area contributed by atoms with Gasteiger partial charge in [0.05, 0.1) is 39.2 Å². The maximum atomic E-state index is 15.3. The molecule has 0 N–H and O–H groups in total. The summed E-state index contributed by atoms with van der Waals surface area (Å²) in [6.45, 7) is 9.94. The smallest absolute Gasteiger partial charge is 0.228 e. The summed E-state index contributed by atoms with van der Waals surface area (Å²) >= 11 is 6.01. The summed E-state index contributed by atoms with van der Waals surface area (Å²) in [5.74, 6) is -0.552. The number of unbranched alkanes of at least 4 members (excludes halogenated alkanes) is 1. The lowest BCUT2D eigenvalue weighted by atomic mass is 10.1. The van der Waals surface area contributed by atoms with Crippen LogP contribution in [0.15, 0.2) is 51.5 Å². The van der Waals surface area contributed by atoms with Crippen molar-refractivity contribution in [3.8, 4) is 0 Å². The summed E-state index contributed by atoms with van der Waals surface area (Å²) < 4.78 is 28.2. The highest BCUT2D eigenvalue weighted by atomic mass is 35.5. The molecule has 1 atom stereocenters. The molecular formula is C26H32ClFN4O2S. The Morgan fingerprint density at radius 2 is 1.94 bits per heavy atom. The van der Waals surface area contributed by atoms with Crippen LogP contribution in [0.3, 0.4) is 0 Å². The molecule has 0 radical (unpaired) electrons. The van der Waals surface area contributed by atoms with Gasteiger partial charge in [0.2, 0.25) is 5.91 Å². The van der Waals surface area contributed by atoms with Gasteiger partial charge in [-0.15, -0.1) is 0 Å². The lowest BCUT2D eigenvalue weighted by Crippen LogP contribution is -2.34. The van der Waals surface area contributed by atoms with E-state index in [4.69, 9.17) is 11.6 Å². The van der Waals surface area contributed by atoms with E-state index in [2.05, 4.69) is 17.1 Å². The van der Waals surface area contributed by atoms with Crippen molar-refractivity contribution in [2.45, 2.75) is 70.9 Å². The van der Waals surface area contributed by atoms with Crippen LogP contribution in [0.5, 0.6) is 0 Å². The Kier molecular flexibility index (Phi) is 8.83. The second kappa shape index (κ2) is 11.4. The van der Waals surface area contributed by atoms with Gasteiger partial charge in [0, 0.05) is 29.0 Å². The van der Waals surface area contributed by atoms with E-state index in [1.807, 2.05) is 32.9 Å². The van der Waals surface area contributed by atoms with E-state index < -0.39 is 22.2 Å². The monoisotopic (exact) mass is 518 g/mol. The molecule has 0 bridgehead atoms. The third-order valence-electron chi connectivity index (χ3n) is 5.48. The number of hydrogen-bond donors (Lipinski definition) is 0. The number of hydrogen-bond acceptors (Lipinski definition) is 5. The number of carbonyl (C=O) groups is 1. The molecule has 3 rings (SSSR count). The molecule has 6 nitrogen and oxygen atoms in total. The highest BCUT2D eigenvalue weighted by Crippen LogP contribution is 2.33. The summed E-state index contributed by atoms with van der Waals surface area (Å²) in [5.41, 5.74) is 1.51. The van der Waals surface area contributed by atoms with Gasteiger partial charge in [-0.2, -0.15) is 15.3 Å². The molecule has 35 heavy (non-hydrogen) atoms. The number of rotatable bonds is 7. The van der Waals surface area contributed by atoms with Gasteiger partial charge in [-0.05, 0) is 63.9 Å². The molecule has 188 valence electrons. The fourth-order valence-corrected chi connectivity index (χ4v) is 4.87. The molecule has 1 heterocycles. The summed E-state index contributed by atoms with van der Waals surface area (Å²) in [5, 5.41) is 11.2. The average molecular weight is 519 g/mol. The van der Waals surface area contributed by atoms with Crippen molar-refractivity contribution in [1.82, 2.24) is 5.12 Å². The molecule has 0 aromatic heterocycles. The van der Waals surface area contributed by atoms with Crippen LogP contribution in [0.2, 0.25) is 5.02 Å². The van der Waals surface area contributed by atoms with Crippen LogP contribution >= 0.6 is 11.6 Å². The molecule has 0 saturated carbocycles. The van der Waals surface area contributed by atoms with Crippen molar-refractivity contribution < 1.29 is 13.4 Å². The second-order valence-corrected chi connectivity index (χ2v) is 11.4. The van der Waals surface area contributed by atoms with Crippen LogP contribution in [0, 0.1) is 5.82 Å². The number of anilines is 1. The van der Waals surface area contributed by atoms with Gasteiger partial charge in [-0.1, -0.05) is 37.1 Å². The lowest BCUT2D eigenvalue weighted by molar-refractivity contribution is -0.118. The van der Waals surface area contributed by atoms with E-state index in [1.54, 1.807) is 41.4 Å². The van der Waals surface area contributed by atoms with Gasteiger partial charge in [0.1, 0.15) is 5.82 Å². The molecule has 1 amide bonds. The number of carbonyl (C=O) groups excluding carboxylic acids is 1. The van der Waals surface area contributed by atoms with Crippen molar-refractivity contribution in [1.29, 1.82) is 0 Å². The van der Waals surface area contributed by atoms with E-state index in [0.717, 1.165) is 18.4 Å². The largest absolute Gasteiger partial charge is 0.307 e. The molecule has 1 aliphatic rings. The van der Waals surface area contributed by atoms with Crippen molar-refractivity contribution in [2.24, 2.45) is 10.2 Å². The van der Waals surface area contributed by atoms with E-state index in [1.165, 1.54) is 6.07 Å². The first-order valence-corrected chi connectivity index (χ1v) is 13.4.